The van der Waals surface area contributed by atoms with Crippen LogP contribution in [0.3, 0.4) is 0 Å². The van der Waals surface area contributed by atoms with Crippen LogP contribution < -0.4 is 0 Å². The molecule has 1 amide bonds. The molecular formula is C18H21NO3. The lowest BCUT2D eigenvalue weighted by atomic mass is 9.86. The number of hydrogen-bond acceptors (Lipinski definition) is 3. The highest BCUT2D eigenvalue weighted by Gasteiger charge is 2.45. The number of ketones is 1. The lowest BCUT2D eigenvalue weighted by molar-refractivity contribution is -0.113. The second-order valence-corrected chi connectivity index (χ2v) is 6.59. The van der Waals surface area contributed by atoms with E-state index < -0.39 is 0 Å². The summed E-state index contributed by atoms with van der Waals surface area (Å²) >= 11 is 0. The molecule has 1 fully saturated rings. The van der Waals surface area contributed by atoms with E-state index in [1.807, 2.05) is 17.9 Å². The highest BCUT2D eigenvalue weighted by atomic mass is 16.6. The zero-order valence-corrected chi connectivity index (χ0v) is 12.9. The quantitative estimate of drug-likeness (QED) is 0.699. The zero-order valence-electron chi connectivity index (χ0n) is 12.9. The molecule has 4 rings (SSSR count). The van der Waals surface area contributed by atoms with Crippen LogP contribution in [0, 0.1) is 5.92 Å². The lowest BCUT2D eigenvalue weighted by Crippen LogP contribution is -2.47. The fourth-order valence-electron chi connectivity index (χ4n) is 4.46. The molecule has 0 spiro atoms. The molecule has 3 unspecified atom stereocenters. The summed E-state index contributed by atoms with van der Waals surface area (Å²) in [5.41, 5.74) is 3.84. The highest BCUT2D eigenvalue weighted by Crippen LogP contribution is 2.45. The molecule has 0 N–H and O–H groups in total. The van der Waals surface area contributed by atoms with Crippen molar-refractivity contribution >= 4 is 11.9 Å². The topological polar surface area (TPSA) is 46.6 Å². The molecule has 0 saturated carbocycles. The maximum atomic E-state index is 12.3. The summed E-state index contributed by atoms with van der Waals surface area (Å²) in [4.78, 5) is 25.9. The molecule has 22 heavy (non-hydrogen) atoms. The van der Waals surface area contributed by atoms with Crippen molar-refractivity contribution in [2.45, 2.75) is 51.1 Å². The average molecular weight is 299 g/mol. The van der Waals surface area contributed by atoms with Gasteiger partial charge in [-0.25, -0.2) is 4.79 Å². The summed E-state index contributed by atoms with van der Waals surface area (Å²) in [6.07, 6.45) is 10.7. The summed E-state index contributed by atoms with van der Waals surface area (Å²) < 4.78 is 5.25. The van der Waals surface area contributed by atoms with Gasteiger partial charge in [0.1, 0.15) is 0 Å². The second kappa shape index (κ2) is 5.11. The van der Waals surface area contributed by atoms with Crippen molar-refractivity contribution < 1.29 is 14.3 Å². The number of fused-ring (bicyclic) bond motifs is 5. The molecule has 2 heterocycles. The number of ether oxygens (including phenoxy) is 1. The Morgan fingerprint density at radius 2 is 2.14 bits per heavy atom. The van der Waals surface area contributed by atoms with Crippen LogP contribution in [0.15, 0.2) is 34.9 Å². The summed E-state index contributed by atoms with van der Waals surface area (Å²) in [5, 5.41) is 0. The Kier molecular flexibility index (Phi) is 3.21. The Morgan fingerprint density at radius 3 is 2.95 bits per heavy atom. The summed E-state index contributed by atoms with van der Waals surface area (Å²) in [7, 11) is 0. The minimum absolute atomic E-state index is 0.189. The van der Waals surface area contributed by atoms with Gasteiger partial charge in [-0.3, -0.25) is 9.69 Å². The van der Waals surface area contributed by atoms with Crippen LogP contribution in [0.4, 0.5) is 4.79 Å². The number of allylic oxidation sites excluding steroid dienone is 3. The smallest absolute Gasteiger partial charge is 0.410 e. The summed E-state index contributed by atoms with van der Waals surface area (Å²) in [5.74, 6) is 0.478. The number of nitrogens with zero attached hydrogens (tertiary/aromatic N) is 1. The van der Waals surface area contributed by atoms with Crippen molar-refractivity contribution in [1.82, 2.24) is 4.90 Å². The van der Waals surface area contributed by atoms with Gasteiger partial charge in [0.15, 0.2) is 5.78 Å². The SMILES string of the molecule is CCOC(=O)N1C2C=C3CCC4=CC(=O)CC4=CC3C1CC2. The van der Waals surface area contributed by atoms with Gasteiger partial charge in [0.25, 0.3) is 0 Å². The molecule has 3 atom stereocenters. The molecular weight excluding hydrogens is 278 g/mol. The van der Waals surface area contributed by atoms with Crippen molar-refractivity contribution in [2.24, 2.45) is 5.92 Å². The number of hydrogen-bond donors (Lipinski definition) is 0. The van der Waals surface area contributed by atoms with Gasteiger partial charge in [0.05, 0.1) is 12.6 Å². The molecule has 2 aliphatic carbocycles. The van der Waals surface area contributed by atoms with E-state index in [-0.39, 0.29) is 29.9 Å². The third-order valence-corrected chi connectivity index (χ3v) is 5.38. The molecule has 4 nitrogen and oxygen atoms in total. The van der Waals surface area contributed by atoms with Gasteiger partial charge in [0, 0.05) is 18.4 Å². The van der Waals surface area contributed by atoms with Crippen LogP contribution in [-0.4, -0.2) is 35.5 Å². The molecule has 116 valence electrons. The first-order valence-corrected chi connectivity index (χ1v) is 8.27. The Bertz CT molecular complexity index is 628. The van der Waals surface area contributed by atoms with Crippen LogP contribution in [-0.2, 0) is 9.53 Å². The van der Waals surface area contributed by atoms with Gasteiger partial charge in [-0.15, -0.1) is 0 Å². The predicted molar refractivity (Wildman–Crippen MR) is 82.3 cm³/mol. The first-order chi connectivity index (χ1) is 10.7. The van der Waals surface area contributed by atoms with Crippen molar-refractivity contribution in [3.63, 3.8) is 0 Å². The lowest BCUT2D eigenvalue weighted by Gasteiger charge is -2.37. The van der Waals surface area contributed by atoms with E-state index in [9.17, 15) is 9.59 Å². The van der Waals surface area contributed by atoms with Crippen molar-refractivity contribution in [2.75, 3.05) is 6.61 Å². The average Bonchev–Trinajstić information content (AvgIpc) is 2.94. The van der Waals surface area contributed by atoms with E-state index in [0.717, 1.165) is 25.7 Å². The Hall–Kier alpha value is -1.84. The van der Waals surface area contributed by atoms with E-state index in [4.69, 9.17) is 4.74 Å². The fraction of sp³-hybridized carbons (Fsp3) is 0.556. The molecule has 2 aliphatic heterocycles. The number of amides is 1. The molecule has 0 aromatic carbocycles. The van der Waals surface area contributed by atoms with E-state index in [2.05, 4.69) is 12.2 Å². The van der Waals surface area contributed by atoms with Crippen LogP contribution >= 0.6 is 0 Å². The third kappa shape index (κ3) is 2.04. The molecule has 2 bridgehead atoms. The van der Waals surface area contributed by atoms with Gasteiger partial charge >= 0.3 is 6.09 Å². The molecule has 0 aromatic rings. The summed E-state index contributed by atoms with van der Waals surface area (Å²) in [6.45, 7) is 2.26. The molecule has 4 aliphatic rings. The van der Waals surface area contributed by atoms with Crippen molar-refractivity contribution in [3.05, 3.63) is 34.9 Å². The molecule has 0 aromatic heterocycles. The minimum Gasteiger partial charge on any atom is -0.450 e. The van der Waals surface area contributed by atoms with Crippen molar-refractivity contribution in [3.8, 4) is 0 Å². The Labute approximate surface area is 130 Å². The Morgan fingerprint density at radius 1 is 1.27 bits per heavy atom. The van der Waals surface area contributed by atoms with Crippen LogP contribution in [0.2, 0.25) is 0 Å². The summed E-state index contributed by atoms with van der Waals surface area (Å²) in [6, 6.07) is 0.397. The van der Waals surface area contributed by atoms with E-state index in [0.29, 0.717) is 13.0 Å². The highest BCUT2D eigenvalue weighted by molar-refractivity contribution is 5.97. The second-order valence-electron chi connectivity index (χ2n) is 6.59. The number of rotatable bonds is 1. The zero-order chi connectivity index (χ0) is 15.3. The maximum absolute atomic E-state index is 12.3. The normalized spacial score (nSPS) is 32.6. The van der Waals surface area contributed by atoms with Gasteiger partial charge in [-0.2, -0.15) is 0 Å². The largest absolute Gasteiger partial charge is 0.450 e. The Balaban J connectivity index is 1.69. The molecule has 0 radical (unpaired) electrons. The van der Waals surface area contributed by atoms with Gasteiger partial charge in [-0.1, -0.05) is 17.7 Å². The number of carbonyl (C=O) groups excluding carboxylic acids is 2. The number of carbonyl (C=O) groups is 2. The standard InChI is InChI=1S/C18H21NO3/c1-2-22-18(21)19-14-5-6-17(19)16-10-13-9-15(20)8-11(13)3-4-12(16)7-14/h7-8,10,14,16-17H,2-6,9H2,1H3. The fourth-order valence-corrected chi connectivity index (χ4v) is 4.46. The van der Waals surface area contributed by atoms with Gasteiger partial charge in [-0.05, 0) is 49.8 Å². The van der Waals surface area contributed by atoms with Crippen molar-refractivity contribution in [1.29, 1.82) is 0 Å². The third-order valence-electron chi connectivity index (χ3n) is 5.38. The molecule has 4 heteroatoms. The van der Waals surface area contributed by atoms with Crippen LogP contribution in [0.1, 0.15) is 39.0 Å². The van der Waals surface area contributed by atoms with E-state index >= 15 is 0 Å². The minimum atomic E-state index is -0.189. The monoisotopic (exact) mass is 299 g/mol. The maximum Gasteiger partial charge on any atom is 0.410 e. The molecule has 1 saturated heterocycles. The first kappa shape index (κ1) is 13.8. The van der Waals surface area contributed by atoms with E-state index in [1.165, 1.54) is 16.7 Å². The van der Waals surface area contributed by atoms with E-state index in [1.54, 1.807) is 0 Å². The predicted octanol–water partition coefficient (Wildman–Crippen LogP) is 3.15. The first-order valence-electron chi connectivity index (χ1n) is 8.27. The van der Waals surface area contributed by atoms with Gasteiger partial charge in [0.2, 0.25) is 0 Å². The van der Waals surface area contributed by atoms with Crippen LogP contribution in [0.25, 0.3) is 0 Å². The van der Waals surface area contributed by atoms with Gasteiger partial charge < -0.3 is 4.74 Å². The van der Waals surface area contributed by atoms with Crippen LogP contribution in [0.5, 0.6) is 0 Å².